The molecule has 2 heterocycles. The van der Waals surface area contributed by atoms with Gasteiger partial charge in [-0.2, -0.15) is 0 Å². The molecule has 4 rings (SSSR count). The molecule has 1 saturated heterocycles. The fourth-order valence-corrected chi connectivity index (χ4v) is 4.35. The van der Waals surface area contributed by atoms with Crippen LogP contribution in [-0.4, -0.2) is 45.7 Å². The molecule has 0 spiro atoms. The van der Waals surface area contributed by atoms with E-state index in [9.17, 15) is 18.7 Å². The van der Waals surface area contributed by atoms with E-state index in [1.54, 1.807) is 24.3 Å². The molecule has 0 bridgehead atoms. The third kappa shape index (κ3) is 4.59. The van der Waals surface area contributed by atoms with Gasteiger partial charge in [0.25, 0.3) is 0 Å². The fourth-order valence-electron chi connectivity index (χ4n) is 4.35. The maximum atomic E-state index is 13.5. The van der Waals surface area contributed by atoms with Crippen LogP contribution in [0, 0.1) is 18.6 Å². The van der Waals surface area contributed by atoms with Crippen molar-refractivity contribution < 1.29 is 13.9 Å². The van der Waals surface area contributed by atoms with E-state index in [0.717, 1.165) is 43.0 Å². The van der Waals surface area contributed by atoms with E-state index in [1.165, 1.54) is 30.3 Å². The highest BCUT2D eigenvalue weighted by molar-refractivity contribution is 5.33. The third-order valence-electron chi connectivity index (χ3n) is 6.30. The Labute approximate surface area is 186 Å². The molecule has 5 nitrogen and oxygen atoms in total. The van der Waals surface area contributed by atoms with Crippen molar-refractivity contribution in [2.24, 2.45) is 7.05 Å². The maximum absolute atomic E-state index is 13.5. The second kappa shape index (κ2) is 9.22. The first kappa shape index (κ1) is 22.2. The Hall–Kier alpha value is -3.03. The summed E-state index contributed by atoms with van der Waals surface area (Å²) in [4.78, 5) is 16.5. The molecule has 2 aromatic carbocycles. The Morgan fingerprint density at radius 1 is 0.906 bits per heavy atom. The number of aromatic nitrogens is 1. The lowest BCUT2D eigenvalue weighted by Crippen LogP contribution is -2.47. The molecule has 0 unspecified atom stereocenters. The molecule has 1 aromatic heterocycles. The highest BCUT2D eigenvalue weighted by atomic mass is 19.1. The first-order valence-electron chi connectivity index (χ1n) is 10.7. The summed E-state index contributed by atoms with van der Waals surface area (Å²) in [5.74, 6) is -0.781. The molecular weight excluding hydrogens is 412 g/mol. The summed E-state index contributed by atoms with van der Waals surface area (Å²) in [6, 6.07) is 14.2. The summed E-state index contributed by atoms with van der Waals surface area (Å²) < 4.78 is 28.9. The number of aryl methyl sites for hydroxylation is 1. The smallest absolute Gasteiger partial charge is 0.223 e. The number of pyridine rings is 1. The number of hydrogen-bond donors (Lipinski definition) is 1. The number of hydrogen-bond acceptors (Lipinski definition) is 4. The van der Waals surface area contributed by atoms with Crippen molar-refractivity contribution >= 4 is 0 Å². The van der Waals surface area contributed by atoms with Gasteiger partial charge in [-0.05, 0) is 42.3 Å². The van der Waals surface area contributed by atoms with Crippen LogP contribution in [0.2, 0.25) is 0 Å². The average Bonchev–Trinajstić information content (AvgIpc) is 2.79. The van der Waals surface area contributed by atoms with Crippen LogP contribution in [0.15, 0.2) is 59.4 Å². The zero-order valence-electron chi connectivity index (χ0n) is 18.3. The van der Waals surface area contributed by atoms with Crippen LogP contribution in [0.25, 0.3) is 0 Å². The topological polar surface area (TPSA) is 48.7 Å². The number of aromatic hydroxyl groups is 1. The van der Waals surface area contributed by atoms with E-state index in [1.807, 2.05) is 18.5 Å². The van der Waals surface area contributed by atoms with Crippen LogP contribution < -0.4 is 5.43 Å². The number of piperazine rings is 1. The molecule has 32 heavy (non-hydrogen) atoms. The minimum atomic E-state index is -0.359. The van der Waals surface area contributed by atoms with Gasteiger partial charge >= 0.3 is 0 Å². The van der Waals surface area contributed by atoms with Gasteiger partial charge in [-0.3, -0.25) is 14.6 Å². The third-order valence-corrected chi connectivity index (χ3v) is 6.30. The lowest BCUT2D eigenvalue weighted by molar-refractivity contribution is 0.102. The number of rotatable bonds is 5. The lowest BCUT2D eigenvalue weighted by atomic mass is 9.96. The molecule has 3 aromatic rings. The van der Waals surface area contributed by atoms with Gasteiger partial charge in [-0.1, -0.05) is 24.3 Å². The Bertz CT molecular complexity index is 1090. The van der Waals surface area contributed by atoms with E-state index in [0.29, 0.717) is 12.2 Å². The van der Waals surface area contributed by atoms with Crippen LogP contribution in [0.5, 0.6) is 5.75 Å². The molecule has 0 saturated carbocycles. The molecule has 168 valence electrons. The summed E-state index contributed by atoms with van der Waals surface area (Å²) in [5.41, 5.74) is 2.95. The van der Waals surface area contributed by atoms with E-state index >= 15 is 0 Å². The summed E-state index contributed by atoms with van der Waals surface area (Å²) in [7, 11) is 1.85. The average molecular weight is 440 g/mol. The maximum Gasteiger partial charge on any atom is 0.223 e. The van der Waals surface area contributed by atoms with Crippen molar-refractivity contribution in [3.05, 3.63) is 99.0 Å². The molecular formula is C25H27F2N3O2. The van der Waals surface area contributed by atoms with Gasteiger partial charge in [0.2, 0.25) is 5.43 Å². The summed E-state index contributed by atoms with van der Waals surface area (Å²) in [6.07, 6.45) is 0. The molecule has 0 atom stereocenters. The molecule has 0 radical (unpaired) electrons. The fraction of sp³-hybridized carbons (Fsp3) is 0.320. The minimum Gasteiger partial charge on any atom is -0.503 e. The highest BCUT2D eigenvalue weighted by Crippen LogP contribution is 2.30. The Balaban J connectivity index is 1.54. The largest absolute Gasteiger partial charge is 0.503 e. The summed E-state index contributed by atoms with van der Waals surface area (Å²) in [5, 5.41) is 10.3. The normalized spacial score (nSPS) is 15.4. The van der Waals surface area contributed by atoms with Crippen LogP contribution in [0.3, 0.4) is 0 Å². The summed E-state index contributed by atoms with van der Waals surface area (Å²) >= 11 is 0. The van der Waals surface area contributed by atoms with Gasteiger partial charge in [-0.25, -0.2) is 8.78 Å². The summed E-state index contributed by atoms with van der Waals surface area (Å²) in [6.45, 7) is 5.27. The van der Waals surface area contributed by atoms with Crippen molar-refractivity contribution in [3.8, 4) is 5.75 Å². The second-order valence-electron chi connectivity index (χ2n) is 8.32. The van der Waals surface area contributed by atoms with Gasteiger partial charge in [0.15, 0.2) is 5.75 Å². The van der Waals surface area contributed by atoms with Gasteiger partial charge in [0.1, 0.15) is 11.6 Å². The van der Waals surface area contributed by atoms with Crippen molar-refractivity contribution in [2.45, 2.75) is 19.5 Å². The van der Waals surface area contributed by atoms with Crippen molar-refractivity contribution in [3.63, 3.8) is 0 Å². The molecule has 1 aliphatic rings. The van der Waals surface area contributed by atoms with Crippen molar-refractivity contribution in [1.82, 2.24) is 14.4 Å². The minimum absolute atomic E-state index is 0.116. The van der Waals surface area contributed by atoms with Crippen molar-refractivity contribution in [1.29, 1.82) is 0 Å². The van der Waals surface area contributed by atoms with E-state index < -0.39 is 0 Å². The first-order valence-corrected chi connectivity index (χ1v) is 10.7. The first-order chi connectivity index (χ1) is 15.3. The monoisotopic (exact) mass is 439 g/mol. The molecule has 1 aliphatic heterocycles. The van der Waals surface area contributed by atoms with Crippen molar-refractivity contribution in [2.75, 3.05) is 26.2 Å². The van der Waals surface area contributed by atoms with Crippen LogP contribution in [0.1, 0.15) is 28.6 Å². The molecule has 0 amide bonds. The zero-order valence-corrected chi connectivity index (χ0v) is 18.3. The number of benzene rings is 2. The van der Waals surface area contributed by atoms with Gasteiger partial charge in [0.05, 0.1) is 11.7 Å². The van der Waals surface area contributed by atoms with E-state index in [-0.39, 0.29) is 28.9 Å². The Morgan fingerprint density at radius 2 is 1.41 bits per heavy atom. The standard InChI is InChI=1S/C25H27F2N3O2/c1-17-15-23(31)25(32)22(28(17)2)16-29-11-13-30(14-12-29)24(18-3-7-20(26)8-4-18)19-5-9-21(27)10-6-19/h3-10,15,24,32H,11-14,16H2,1-2H3. The van der Waals surface area contributed by atoms with Gasteiger partial charge in [0, 0.05) is 51.5 Å². The van der Waals surface area contributed by atoms with E-state index in [4.69, 9.17) is 0 Å². The number of halogens is 2. The predicted molar refractivity (Wildman–Crippen MR) is 120 cm³/mol. The SMILES string of the molecule is Cc1cc(=O)c(O)c(CN2CCN(C(c3ccc(F)cc3)c3ccc(F)cc3)CC2)n1C. The van der Waals surface area contributed by atoms with Crippen LogP contribution in [0.4, 0.5) is 8.78 Å². The quantitative estimate of drug-likeness (QED) is 0.660. The van der Waals surface area contributed by atoms with E-state index in [2.05, 4.69) is 9.80 Å². The second-order valence-corrected chi connectivity index (χ2v) is 8.32. The van der Waals surface area contributed by atoms with Gasteiger partial charge in [-0.15, -0.1) is 0 Å². The molecule has 1 fully saturated rings. The Morgan fingerprint density at radius 3 is 1.91 bits per heavy atom. The predicted octanol–water partition coefficient (Wildman–Crippen LogP) is 3.58. The van der Waals surface area contributed by atoms with Gasteiger partial charge < -0.3 is 9.67 Å². The lowest BCUT2D eigenvalue weighted by Gasteiger charge is -2.40. The van der Waals surface area contributed by atoms with Crippen LogP contribution >= 0.6 is 0 Å². The molecule has 1 N–H and O–H groups in total. The highest BCUT2D eigenvalue weighted by Gasteiger charge is 2.27. The zero-order chi connectivity index (χ0) is 22.8. The number of nitrogens with zero attached hydrogens (tertiary/aromatic N) is 3. The molecule has 0 aliphatic carbocycles. The Kier molecular flexibility index (Phi) is 6.39. The molecule has 7 heteroatoms. The van der Waals surface area contributed by atoms with Crippen LogP contribution in [-0.2, 0) is 13.6 Å².